The summed E-state index contributed by atoms with van der Waals surface area (Å²) in [6, 6.07) is 4.40. The third-order valence-corrected chi connectivity index (χ3v) is 2.87. The number of benzene rings is 1. The van der Waals surface area contributed by atoms with Crippen molar-refractivity contribution < 1.29 is 9.50 Å². The first-order valence-electron chi connectivity index (χ1n) is 6.17. The highest BCUT2D eigenvalue weighted by Crippen LogP contribution is 2.20. The van der Waals surface area contributed by atoms with Crippen molar-refractivity contribution in [3.05, 3.63) is 34.6 Å². The van der Waals surface area contributed by atoms with Crippen molar-refractivity contribution in [2.24, 2.45) is 5.92 Å². The molecule has 1 aromatic carbocycles. The predicted molar refractivity (Wildman–Crippen MR) is 73.4 cm³/mol. The zero-order chi connectivity index (χ0) is 13.8. The van der Waals surface area contributed by atoms with Gasteiger partial charge in [0.25, 0.3) is 0 Å². The number of aliphatic hydroxyl groups is 1. The highest BCUT2D eigenvalue weighted by molar-refractivity contribution is 6.30. The number of halogens is 2. The molecule has 0 saturated heterocycles. The lowest BCUT2D eigenvalue weighted by Gasteiger charge is -2.24. The van der Waals surface area contributed by atoms with Crippen LogP contribution < -0.4 is 5.32 Å². The summed E-state index contributed by atoms with van der Waals surface area (Å²) in [5, 5.41) is 13.9. The van der Waals surface area contributed by atoms with Crippen LogP contribution in [0.2, 0.25) is 5.02 Å². The molecule has 1 atom stereocenters. The first-order chi connectivity index (χ1) is 8.30. The molecule has 0 fully saturated rings. The van der Waals surface area contributed by atoms with Gasteiger partial charge >= 0.3 is 0 Å². The molecule has 0 aliphatic carbocycles. The Labute approximate surface area is 113 Å². The number of rotatable bonds is 6. The minimum absolute atomic E-state index is 0.241. The first-order valence-corrected chi connectivity index (χ1v) is 6.55. The van der Waals surface area contributed by atoms with Crippen molar-refractivity contribution in [3.63, 3.8) is 0 Å². The van der Waals surface area contributed by atoms with Gasteiger partial charge in [0.05, 0.1) is 5.60 Å². The fourth-order valence-electron chi connectivity index (χ4n) is 1.78. The Bertz CT molecular complexity index is 393. The SMILES string of the molecule is CC(C)CNCC(C)(O)Cc1cc(Cl)ccc1F. The highest BCUT2D eigenvalue weighted by Gasteiger charge is 2.22. The maximum Gasteiger partial charge on any atom is 0.126 e. The minimum atomic E-state index is -0.986. The zero-order valence-corrected chi connectivity index (χ0v) is 11.9. The van der Waals surface area contributed by atoms with Gasteiger partial charge in [-0.25, -0.2) is 4.39 Å². The van der Waals surface area contributed by atoms with Crippen LogP contribution >= 0.6 is 11.6 Å². The quantitative estimate of drug-likeness (QED) is 0.835. The van der Waals surface area contributed by atoms with Gasteiger partial charge < -0.3 is 10.4 Å². The van der Waals surface area contributed by atoms with Gasteiger partial charge in [-0.15, -0.1) is 0 Å². The van der Waals surface area contributed by atoms with Crippen molar-refractivity contribution in [2.45, 2.75) is 32.8 Å². The monoisotopic (exact) mass is 273 g/mol. The molecule has 1 rings (SSSR count). The highest BCUT2D eigenvalue weighted by atomic mass is 35.5. The normalized spacial score (nSPS) is 14.8. The summed E-state index contributed by atoms with van der Waals surface area (Å²) in [4.78, 5) is 0. The van der Waals surface area contributed by atoms with Crippen molar-refractivity contribution in [1.82, 2.24) is 5.32 Å². The van der Waals surface area contributed by atoms with Gasteiger partial charge in [-0.05, 0) is 43.1 Å². The summed E-state index contributed by atoms with van der Waals surface area (Å²) >= 11 is 5.83. The van der Waals surface area contributed by atoms with E-state index in [0.29, 0.717) is 23.0 Å². The van der Waals surface area contributed by atoms with Crippen LogP contribution in [0, 0.1) is 11.7 Å². The Morgan fingerprint density at radius 3 is 2.72 bits per heavy atom. The standard InChI is InChI=1S/C14H21ClFNO/c1-10(2)8-17-9-14(3,18)7-11-6-12(15)4-5-13(11)16/h4-6,10,17-18H,7-9H2,1-3H3. The number of hydrogen-bond acceptors (Lipinski definition) is 2. The van der Waals surface area contributed by atoms with E-state index in [-0.39, 0.29) is 12.2 Å². The average molecular weight is 274 g/mol. The summed E-state index contributed by atoms with van der Waals surface area (Å²) in [5.41, 5.74) is -0.542. The van der Waals surface area contributed by atoms with E-state index in [1.54, 1.807) is 13.0 Å². The Morgan fingerprint density at radius 1 is 1.44 bits per heavy atom. The molecule has 2 N–H and O–H groups in total. The van der Waals surface area contributed by atoms with Gasteiger partial charge in [0.15, 0.2) is 0 Å². The lowest BCUT2D eigenvalue weighted by atomic mass is 9.96. The fraction of sp³-hybridized carbons (Fsp3) is 0.571. The van der Waals surface area contributed by atoms with Crippen LogP contribution in [0.3, 0.4) is 0 Å². The van der Waals surface area contributed by atoms with E-state index in [0.717, 1.165) is 6.54 Å². The molecular weight excluding hydrogens is 253 g/mol. The van der Waals surface area contributed by atoms with Gasteiger partial charge in [0.1, 0.15) is 5.82 Å². The summed E-state index contributed by atoms with van der Waals surface area (Å²) in [6.45, 7) is 7.14. The van der Waals surface area contributed by atoms with Crippen LogP contribution in [0.15, 0.2) is 18.2 Å². The van der Waals surface area contributed by atoms with Crippen LogP contribution in [-0.4, -0.2) is 23.8 Å². The molecule has 0 heterocycles. The summed E-state index contributed by atoms with van der Waals surface area (Å²) < 4.78 is 13.6. The van der Waals surface area contributed by atoms with Crippen molar-refractivity contribution >= 4 is 11.6 Å². The molecular formula is C14H21ClFNO. The number of nitrogens with one attached hydrogen (secondary N) is 1. The Kier molecular flexibility index (Phi) is 5.57. The van der Waals surface area contributed by atoms with E-state index in [2.05, 4.69) is 19.2 Å². The van der Waals surface area contributed by atoms with Crippen LogP contribution in [-0.2, 0) is 6.42 Å². The maximum absolute atomic E-state index is 13.6. The molecule has 0 radical (unpaired) electrons. The van der Waals surface area contributed by atoms with Crippen molar-refractivity contribution in [2.75, 3.05) is 13.1 Å². The van der Waals surface area contributed by atoms with Gasteiger partial charge in [-0.2, -0.15) is 0 Å². The van der Waals surface area contributed by atoms with E-state index in [1.165, 1.54) is 12.1 Å². The third kappa shape index (κ3) is 5.34. The van der Waals surface area contributed by atoms with E-state index >= 15 is 0 Å². The Morgan fingerprint density at radius 2 is 2.11 bits per heavy atom. The summed E-state index contributed by atoms with van der Waals surface area (Å²) in [6.07, 6.45) is 0.241. The van der Waals surface area contributed by atoms with Crippen molar-refractivity contribution in [3.8, 4) is 0 Å². The topological polar surface area (TPSA) is 32.3 Å². The van der Waals surface area contributed by atoms with Gasteiger partial charge in [-0.1, -0.05) is 25.4 Å². The lowest BCUT2D eigenvalue weighted by molar-refractivity contribution is 0.0587. The van der Waals surface area contributed by atoms with E-state index in [9.17, 15) is 9.50 Å². The van der Waals surface area contributed by atoms with E-state index in [1.807, 2.05) is 0 Å². The van der Waals surface area contributed by atoms with Gasteiger partial charge in [0.2, 0.25) is 0 Å². The van der Waals surface area contributed by atoms with Gasteiger partial charge in [-0.3, -0.25) is 0 Å². The molecule has 0 spiro atoms. The summed E-state index contributed by atoms with van der Waals surface area (Å²) in [5.74, 6) is 0.187. The van der Waals surface area contributed by atoms with Crippen LogP contribution in [0.25, 0.3) is 0 Å². The first kappa shape index (κ1) is 15.4. The average Bonchev–Trinajstić information content (AvgIpc) is 2.22. The molecule has 4 heteroatoms. The molecule has 0 bridgehead atoms. The molecule has 18 heavy (non-hydrogen) atoms. The lowest BCUT2D eigenvalue weighted by Crippen LogP contribution is -2.41. The minimum Gasteiger partial charge on any atom is -0.389 e. The molecule has 1 aromatic rings. The zero-order valence-electron chi connectivity index (χ0n) is 11.1. The Balaban J connectivity index is 2.61. The van der Waals surface area contributed by atoms with Crippen LogP contribution in [0.4, 0.5) is 4.39 Å². The second kappa shape index (κ2) is 6.50. The molecule has 102 valence electrons. The largest absolute Gasteiger partial charge is 0.389 e. The van der Waals surface area contributed by atoms with Gasteiger partial charge in [0, 0.05) is 18.0 Å². The molecule has 0 saturated carbocycles. The van der Waals surface area contributed by atoms with E-state index in [4.69, 9.17) is 11.6 Å². The summed E-state index contributed by atoms with van der Waals surface area (Å²) in [7, 11) is 0. The molecule has 1 unspecified atom stereocenters. The van der Waals surface area contributed by atoms with Crippen molar-refractivity contribution in [1.29, 1.82) is 0 Å². The Hall–Kier alpha value is -0.640. The third-order valence-electron chi connectivity index (χ3n) is 2.64. The smallest absolute Gasteiger partial charge is 0.126 e. The predicted octanol–water partition coefficient (Wildman–Crippen LogP) is 3.02. The molecule has 0 aromatic heterocycles. The van der Waals surface area contributed by atoms with Crippen LogP contribution in [0.1, 0.15) is 26.3 Å². The second-order valence-corrected chi connectivity index (χ2v) is 5.87. The molecule has 2 nitrogen and oxygen atoms in total. The van der Waals surface area contributed by atoms with Crippen LogP contribution in [0.5, 0.6) is 0 Å². The molecule has 0 amide bonds. The molecule has 0 aliphatic rings. The maximum atomic E-state index is 13.6. The molecule has 0 aliphatic heterocycles. The van der Waals surface area contributed by atoms with E-state index < -0.39 is 5.60 Å². The second-order valence-electron chi connectivity index (χ2n) is 5.43. The fourth-order valence-corrected chi connectivity index (χ4v) is 1.98. The number of hydrogen-bond donors (Lipinski definition) is 2.